The molecule has 0 saturated heterocycles. The van der Waals surface area contributed by atoms with Crippen LogP contribution in [0.2, 0.25) is 10.0 Å². The summed E-state index contributed by atoms with van der Waals surface area (Å²) in [5.74, 6) is 6.96. The molecule has 8 bridgehead atoms. The van der Waals surface area contributed by atoms with Crippen LogP contribution in [0.5, 0.6) is 0 Å². The first kappa shape index (κ1) is 45.7. The fraction of sp³-hybridized carbons (Fsp3) is 0. The second kappa shape index (κ2) is 20.4. The maximum Gasteiger partial charge on any atom is 0.0815 e. The van der Waals surface area contributed by atoms with Gasteiger partial charge in [0.15, 0.2) is 0 Å². The lowest BCUT2D eigenvalue weighted by Crippen LogP contribution is -2.09. The van der Waals surface area contributed by atoms with E-state index < -0.39 is 0 Å². The predicted octanol–water partition coefficient (Wildman–Crippen LogP) is 18.1. The van der Waals surface area contributed by atoms with Gasteiger partial charge in [0, 0.05) is 67.4 Å². The molecule has 3 aromatic heterocycles. The molecule has 7 aromatic carbocycles. The lowest BCUT2D eigenvalue weighted by molar-refractivity contribution is 1.28. The number of anilines is 6. The Morgan fingerprint density at radius 1 is 0.378 bits per heavy atom. The van der Waals surface area contributed by atoms with E-state index in [-0.39, 0.29) is 0 Å². The molecule has 2 N–H and O–H groups in total. The molecule has 12 rings (SSSR count). The van der Waals surface area contributed by atoms with E-state index in [4.69, 9.17) is 33.2 Å². The summed E-state index contributed by atoms with van der Waals surface area (Å²) in [5.41, 5.74) is 18.4. The highest BCUT2D eigenvalue weighted by atomic mass is 35.5. The Bertz CT molecular complexity index is 3960. The highest BCUT2D eigenvalue weighted by Gasteiger charge is 2.18. The Kier molecular flexibility index (Phi) is 12.6. The third-order valence-corrected chi connectivity index (χ3v) is 13.5. The van der Waals surface area contributed by atoms with Gasteiger partial charge in [0.05, 0.1) is 43.9 Å². The van der Waals surface area contributed by atoms with Crippen molar-refractivity contribution < 1.29 is 0 Å². The number of halogens is 2. The lowest BCUT2D eigenvalue weighted by atomic mass is 10.0. The molecule has 5 heterocycles. The van der Waals surface area contributed by atoms with Gasteiger partial charge in [-0.25, -0.2) is 9.97 Å². The molecule has 8 heteroatoms. The zero-order chi connectivity index (χ0) is 49.8. The summed E-state index contributed by atoms with van der Waals surface area (Å²) >= 11 is 13.6. The van der Waals surface area contributed by atoms with Crippen LogP contribution in [0.25, 0.3) is 69.6 Å². The maximum atomic E-state index is 6.80. The summed E-state index contributed by atoms with van der Waals surface area (Å²) < 4.78 is 0. The number of para-hydroxylation sites is 3. The molecule has 0 spiro atoms. The number of H-pyrrole nitrogens is 2. The Morgan fingerprint density at radius 3 is 1.32 bits per heavy atom. The van der Waals surface area contributed by atoms with Crippen LogP contribution >= 0.6 is 23.2 Å². The molecule has 2 aliphatic rings. The Labute approximate surface area is 439 Å². The van der Waals surface area contributed by atoms with Crippen molar-refractivity contribution >= 4 is 116 Å². The zero-order valence-electron chi connectivity index (χ0n) is 39.8. The van der Waals surface area contributed by atoms with Crippen molar-refractivity contribution in [3.63, 3.8) is 0 Å². The molecular formula is C66H44Cl2N6. The third kappa shape index (κ3) is 9.69. The molecule has 10 aromatic rings. The van der Waals surface area contributed by atoms with Gasteiger partial charge in [0.2, 0.25) is 0 Å². The number of nitrogens with one attached hydrogen (secondary N) is 2. The molecule has 0 unspecified atom stereocenters. The molecule has 0 saturated carbocycles. The van der Waals surface area contributed by atoms with Crippen LogP contribution in [0.4, 0.5) is 34.1 Å². The largest absolute Gasteiger partial charge is 0.355 e. The first-order valence-electron chi connectivity index (χ1n) is 24.3. The highest BCUT2D eigenvalue weighted by Crippen LogP contribution is 2.40. The predicted molar refractivity (Wildman–Crippen MR) is 311 cm³/mol. The van der Waals surface area contributed by atoms with E-state index in [1.54, 1.807) is 0 Å². The number of benzene rings is 7. The van der Waals surface area contributed by atoms with Crippen LogP contribution in [0.1, 0.15) is 45.0 Å². The minimum atomic E-state index is 0.543. The van der Waals surface area contributed by atoms with Crippen molar-refractivity contribution in [2.24, 2.45) is 0 Å². The number of aromatic amines is 2. The number of rotatable bonds is 9. The van der Waals surface area contributed by atoms with E-state index in [1.807, 2.05) is 97.1 Å². The molecule has 0 amide bonds. The van der Waals surface area contributed by atoms with Crippen LogP contribution < -0.4 is 9.80 Å². The molecular weight excluding hydrogens is 948 g/mol. The van der Waals surface area contributed by atoms with Crippen molar-refractivity contribution in [2.75, 3.05) is 9.80 Å². The number of fused-ring (bicyclic) bond motifs is 8. The first-order valence-corrected chi connectivity index (χ1v) is 25.0. The molecule has 6 nitrogen and oxygen atoms in total. The minimum Gasteiger partial charge on any atom is -0.355 e. The van der Waals surface area contributed by atoms with Crippen LogP contribution in [-0.2, 0) is 0 Å². The fourth-order valence-corrected chi connectivity index (χ4v) is 9.91. The number of aromatic nitrogens is 4. The van der Waals surface area contributed by atoms with Gasteiger partial charge in [0.25, 0.3) is 0 Å². The van der Waals surface area contributed by atoms with E-state index in [2.05, 4.69) is 189 Å². The Balaban J connectivity index is 0.830. The van der Waals surface area contributed by atoms with Gasteiger partial charge < -0.3 is 19.8 Å². The van der Waals surface area contributed by atoms with E-state index in [0.29, 0.717) is 10.0 Å². The monoisotopic (exact) mass is 990 g/mol. The molecule has 352 valence electrons. The van der Waals surface area contributed by atoms with Gasteiger partial charge in [0.1, 0.15) is 0 Å². The second-order valence-corrected chi connectivity index (χ2v) is 18.6. The van der Waals surface area contributed by atoms with E-state index in [9.17, 15) is 0 Å². The van der Waals surface area contributed by atoms with Crippen molar-refractivity contribution in [1.29, 1.82) is 0 Å². The molecule has 0 radical (unpaired) electrons. The van der Waals surface area contributed by atoms with E-state index >= 15 is 0 Å². The zero-order valence-corrected chi connectivity index (χ0v) is 41.3. The second-order valence-electron chi connectivity index (χ2n) is 17.8. The first-order chi connectivity index (χ1) is 36.5. The summed E-state index contributed by atoms with van der Waals surface area (Å²) in [6, 6.07) is 74.8. The van der Waals surface area contributed by atoms with Crippen molar-refractivity contribution in [1.82, 2.24) is 19.9 Å². The molecule has 74 heavy (non-hydrogen) atoms. The van der Waals surface area contributed by atoms with Crippen LogP contribution in [0, 0.1) is 11.8 Å². The maximum absolute atomic E-state index is 6.80. The van der Waals surface area contributed by atoms with Crippen molar-refractivity contribution in [2.45, 2.75) is 0 Å². The normalized spacial score (nSPS) is 11.6. The third-order valence-electron chi connectivity index (χ3n) is 12.9. The van der Waals surface area contributed by atoms with E-state index in [0.717, 1.165) is 112 Å². The summed E-state index contributed by atoms with van der Waals surface area (Å²) in [4.78, 5) is 21.8. The summed E-state index contributed by atoms with van der Waals surface area (Å²) in [6.45, 7) is 0. The highest BCUT2D eigenvalue weighted by molar-refractivity contribution is 6.39. The van der Waals surface area contributed by atoms with Gasteiger partial charge in [-0.05, 0) is 169 Å². The van der Waals surface area contributed by atoms with Gasteiger partial charge >= 0.3 is 0 Å². The smallest absolute Gasteiger partial charge is 0.0815 e. The molecule has 0 aliphatic carbocycles. The summed E-state index contributed by atoms with van der Waals surface area (Å²) in [6.07, 6.45) is 12.3. The molecule has 0 fully saturated rings. The fourth-order valence-electron chi connectivity index (χ4n) is 9.32. The Hall–Kier alpha value is -9.38. The topological polar surface area (TPSA) is 63.8 Å². The van der Waals surface area contributed by atoms with Gasteiger partial charge in [-0.1, -0.05) is 132 Å². The number of nitrogens with zero attached hydrogens (tertiary/aromatic N) is 4. The van der Waals surface area contributed by atoms with Crippen molar-refractivity contribution in [3.8, 4) is 23.0 Å². The summed E-state index contributed by atoms with van der Waals surface area (Å²) in [7, 11) is 0. The minimum absolute atomic E-state index is 0.543. The molecule has 2 aliphatic heterocycles. The molecule has 0 atom stereocenters. The van der Waals surface area contributed by atoms with Crippen LogP contribution in [-0.4, -0.2) is 19.9 Å². The van der Waals surface area contributed by atoms with Gasteiger partial charge in [-0.15, -0.1) is 0 Å². The quantitative estimate of drug-likeness (QED) is 0.112. The Morgan fingerprint density at radius 2 is 0.811 bits per heavy atom. The van der Waals surface area contributed by atoms with Gasteiger partial charge in [-0.2, -0.15) is 0 Å². The average Bonchev–Trinajstić information content (AvgIpc) is 4.30. The SMILES string of the molecule is Clc1cccc(Cl)c1-c1c2nc(cc3ccc([nH]3)c(C#Cc3ccc(N(c4ccccc4)c4ccc(/C=C/c5ccc(N(c6ccccc6)c6ccccc6)cc5)cc4)cc3)c3nc(cc4ccc1[nH]4)C=C3)C=C2. The van der Waals surface area contributed by atoms with E-state index in [1.165, 1.54) is 0 Å². The standard InChI is InChI=1S/C66H44Cl2N6/c67-59-17-10-18-60(68)65(59)66-63-41-30-50(71-63)43-48-28-39-61(69-48)58(62-40-29-49(70-62)44-51-31-42-64(66)72-51)38-27-47-25-36-57(37-26-47)74(54-15-8-3-9-16-54)56-34-23-46(24-35-56)20-19-45-21-32-55(33-22-45)73(52-11-4-1-5-12-52)53-13-6-2-7-14-53/h1-26,28-37,39-44,69,72H/b20-19+,48-43?,49-44?,50-43?,51-44?,61-58?,62-58?,66-63?,66-64?. The van der Waals surface area contributed by atoms with Crippen LogP contribution in [0.15, 0.2) is 218 Å². The van der Waals surface area contributed by atoms with Crippen LogP contribution in [0.3, 0.4) is 0 Å². The lowest BCUT2D eigenvalue weighted by Gasteiger charge is -2.25. The average molecular weight is 992 g/mol. The van der Waals surface area contributed by atoms with Gasteiger partial charge in [-0.3, -0.25) is 0 Å². The van der Waals surface area contributed by atoms with Crippen molar-refractivity contribution in [3.05, 3.63) is 273 Å². The number of hydrogen-bond acceptors (Lipinski definition) is 4. The summed E-state index contributed by atoms with van der Waals surface area (Å²) in [5, 5.41) is 1.09. The number of hydrogen-bond donors (Lipinski definition) is 2.